The van der Waals surface area contributed by atoms with Crippen LogP contribution in [-0.2, 0) is 17.6 Å². The van der Waals surface area contributed by atoms with Crippen LogP contribution in [0.4, 0.5) is 5.69 Å². The highest BCUT2D eigenvalue weighted by Crippen LogP contribution is 2.23. The normalized spacial score (nSPS) is 14.4. The molecule has 1 aromatic rings. The van der Waals surface area contributed by atoms with Gasteiger partial charge in [-0.05, 0) is 37.0 Å². The highest BCUT2D eigenvalue weighted by molar-refractivity contribution is 5.78. The van der Waals surface area contributed by atoms with Gasteiger partial charge in [0, 0.05) is 18.7 Å². The molecule has 0 atom stereocenters. The first-order chi connectivity index (χ1) is 6.75. The first-order valence-corrected chi connectivity index (χ1v) is 5.11. The van der Waals surface area contributed by atoms with Crippen LogP contribution in [0.2, 0.25) is 0 Å². The molecule has 0 aromatic heterocycles. The van der Waals surface area contributed by atoms with Crippen LogP contribution in [0.15, 0.2) is 18.2 Å². The zero-order chi connectivity index (χ0) is 9.97. The molecule has 1 N–H and O–H groups in total. The van der Waals surface area contributed by atoms with Gasteiger partial charge in [0.1, 0.15) is 5.78 Å². The summed E-state index contributed by atoms with van der Waals surface area (Å²) in [5.41, 5.74) is 3.73. The molecule has 0 unspecified atom stereocenters. The lowest BCUT2D eigenvalue weighted by Crippen LogP contribution is -2.12. The van der Waals surface area contributed by atoms with Crippen molar-refractivity contribution in [1.82, 2.24) is 0 Å². The summed E-state index contributed by atoms with van der Waals surface area (Å²) in [7, 11) is 0. The first-order valence-electron chi connectivity index (χ1n) is 5.11. The van der Waals surface area contributed by atoms with Crippen molar-refractivity contribution in [2.75, 3.05) is 11.9 Å². The number of fused-ring (bicyclic) bond motifs is 1. The fourth-order valence-electron chi connectivity index (χ4n) is 1.93. The fourth-order valence-corrected chi connectivity index (χ4v) is 1.93. The minimum Gasteiger partial charge on any atom is -0.385 e. The van der Waals surface area contributed by atoms with Gasteiger partial charge in [0.25, 0.3) is 0 Å². The standard InChI is InChI=1S/C12H15NO/c1-9(14)7-10-4-5-12-11(8-10)3-2-6-13-12/h4-5,8,13H,2-3,6-7H2,1H3. The summed E-state index contributed by atoms with van der Waals surface area (Å²) >= 11 is 0. The first kappa shape index (κ1) is 9.25. The average molecular weight is 189 g/mol. The van der Waals surface area contributed by atoms with Crippen LogP contribution in [0.25, 0.3) is 0 Å². The number of rotatable bonds is 2. The van der Waals surface area contributed by atoms with Crippen molar-refractivity contribution < 1.29 is 4.79 Å². The van der Waals surface area contributed by atoms with Gasteiger partial charge in [-0.1, -0.05) is 12.1 Å². The molecule has 0 bridgehead atoms. The van der Waals surface area contributed by atoms with E-state index < -0.39 is 0 Å². The minimum absolute atomic E-state index is 0.230. The molecule has 0 saturated heterocycles. The number of hydrogen-bond donors (Lipinski definition) is 1. The molecule has 0 radical (unpaired) electrons. The van der Waals surface area contributed by atoms with Crippen molar-refractivity contribution in [1.29, 1.82) is 0 Å². The van der Waals surface area contributed by atoms with E-state index in [4.69, 9.17) is 0 Å². The molecule has 0 spiro atoms. The van der Waals surface area contributed by atoms with Gasteiger partial charge >= 0.3 is 0 Å². The van der Waals surface area contributed by atoms with Gasteiger partial charge in [-0.3, -0.25) is 4.79 Å². The van der Waals surface area contributed by atoms with E-state index in [2.05, 4.69) is 17.4 Å². The average Bonchev–Trinajstić information content (AvgIpc) is 2.17. The third-order valence-corrected chi connectivity index (χ3v) is 2.56. The Kier molecular flexibility index (Phi) is 2.53. The Balaban J connectivity index is 2.24. The molecule has 0 fully saturated rings. The van der Waals surface area contributed by atoms with Crippen LogP contribution >= 0.6 is 0 Å². The van der Waals surface area contributed by atoms with Crippen LogP contribution in [-0.4, -0.2) is 12.3 Å². The van der Waals surface area contributed by atoms with E-state index in [0.717, 1.165) is 18.5 Å². The van der Waals surface area contributed by atoms with Gasteiger partial charge in [0.15, 0.2) is 0 Å². The van der Waals surface area contributed by atoms with Gasteiger partial charge in [-0.15, -0.1) is 0 Å². The maximum Gasteiger partial charge on any atom is 0.134 e. The summed E-state index contributed by atoms with van der Waals surface area (Å²) in [5, 5.41) is 3.36. The third kappa shape index (κ3) is 1.95. The number of aryl methyl sites for hydroxylation is 1. The van der Waals surface area contributed by atoms with Crippen molar-refractivity contribution in [3.8, 4) is 0 Å². The lowest BCUT2D eigenvalue weighted by Gasteiger charge is -2.18. The molecule has 74 valence electrons. The highest BCUT2D eigenvalue weighted by Gasteiger charge is 2.08. The van der Waals surface area contributed by atoms with Gasteiger partial charge < -0.3 is 5.32 Å². The molecular formula is C12H15NO. The number of carbonyl (C=O) groups is 1. The number of carbonyl (C=O) groups excluding carboxylic acids is 1. The molecule has 1 aromatic carbocycles. The molecule has 1 aliphatic rings. The topological polar surface area (TPSA) is 29.1 Å². The Hall–Kier alpha value is -1.31. The number of anilines is 1. The second-order valence-corrected chi connectivity index (χ2v) is 3.90. The molecule has 2 nitrogen and oxygen atoms in total. The van der Waals surface area contributed by atoms with Crippen LogP contribution in [0.1, 0.15) is 24.5 Å². The van der Waals surface area contributed by atoms with E-state index in [-0.39, 0.29) is 5.78 Å². The lowest BCUT2D eigenvalue weighted by atomic mass is 9.99. The predicted molar refractivity (Wildman–Crippen MR) is 57.6 cm³/mol. The maximum absolute atomic E-state index is 11.0. The lowest BCUT2D eigenvalue weighted by molar-refractivity contribution is -0.116. The Morgan fingerprint density at radius 1 is 1.50 bits per heavy atom. The molecule has 0 saturated carbocycles. The molecule has 2 heteroatoms. The van der Waals surface area contributed by atoms with E-state index in [1.54, 1.807) is 6.92 Å². The van der Waals surface area contributed by atoms with Crippen molar-refractivity contribution in [3.05, 3.63) is 29.3 Å². The molecule has 0 aliphatic carbocycles. The van der Waals surface area contributed by atoms with E-state index in [9.17, 15) is 4.79 Å². The van der Waals surface area contributed by atoms with Gasteiger partial charge in [-0.2, -0.15) is 0 Å². The zero-order valence-corrected chi connectivity index (χ0v) is 8.47. The quantitative estimate of drug-likeness (QED) is 0.772. The Labute approximate surface area is 84.3 Å². The molecule has 0 amide bonds. The van der Waals surface area contributed by atoms with E-state index in [0.29, 0.717) is 6.42 Å². The minimum atomic E-state index is 0.230. The Bertz CT molecular complexity index is 357. The monoisotopic (exact) mass is 189 g/mol. The molecule has 1 heterocycles. The van der Waals surface area contributed by atoms with Crippen molar-refractivity contribution in [3.63, 3.8) is 0 Å². The van der Waals surface area contributed by atoms with Gasteiger partial charge in [-0.25, -0.2) is 0 Å². The second-order valence-electron chi connectivity index (χ2n) is 3.90. The number of hydrogen-bond acceptors (Lipinski definition) is 2. The van der Waals surface area contributed by atoms with Gasteiger partial charge in [0.2, 0.25) is 0 Å². The zero-order valence-electron chi connectivity index (χ0n) is 8.47. The summed E-state index contributed by atoms with van der Waals surface area (Å²) < 4.78 is 0. The second kappa shape index (κ2) is 3.82. The molecule has 14 heavy (non-hydrogen) atoms. The molecule has 1 aliphatic heterocycles. The van der Waals surface area contributed by atoms with Crippen molar-refractivity contribution in [2.45, 2.75) is 26.2 Å². The van der Waals surface area contributed by atoms with Gasteiger partial charge in [0.05, 0.1) is 0 Å². The number of ketones is 1. The number of benzene rings is 1. The number of nitrogens with one attached hydrogen (secondary N) is 1. The SMILES string of the molecule is CC(=O)Cc1ccc2c(c1)CCCN2. The smallest absolute Gasteiger partial charge is 0.134 e. The highest BCUT2D eigenvalue weighted by atomic mass is 16.1. The Morgan fingerprint density at radius 2 is 2.36 bits per heavy atom. The largest absolute Gasteiger partial charge is 0.385 e. The molecular weight excluding hydrogens is 174 g/mol. The summed E-state index contributed by atoms with van der Waals surface area (Å²) in [6.07, 6.45) is 2.89. The fraction of sp³-hybridized carbons (Fsp3) is 0.417. The van der Waals surface area contributed by atoms with Crippen LogP contribution in [0, 0.1) is 0 Å². The van der Waals surface area contributed by atoms with E-state index in [1.807, 2.05) is 6.07 Å². The van der Waals surface area contributed by atoms with Crippen LogP contribution in [0.3, 0.4) is 0 Å². The third-order valence-electron chi connectivity index (χ3n) is 2.56. The van der Waals surface area contributed by atoms with E-state index >= 15 is 0 Å². The summed E-state index contributed by atoms with van der Waals surface area (Å²) in [4.78, 5) is 11.0. The van der Waals surface area contributed by atoms with Crippen molar-refractivity contribution in [2.24, 2.45) is 0 Å². The summed E-state index contributed by atoms with van der Waals surface area (Å²) in [6, 6.07) is 6.29. The Morgan fingerprint density at radius 3 is 3.14 bits per heavy atom. The predicted octanol–water partition coefficient (Wildman–Crippen LogP) is 2.18. The maximum atomic E-state index is 11.0. The van der Waals surface area contributed by atoms with E-state index in [1.165, 1.54) is 17.7 Å². The number of Topliss-reactive ketones (excluding diaryl/α,β-unsaturated/α-hetero) is 1. The summed E-state index contributed by atoms with van der Waals surface area (Å²) in [6.45, 7) is 2.71. The van der Waals surface area contributed by atoms with Crippen LogP contribution < -0.4 is 5.32 Å². The molecule has 2 rings (SSSR count). The summed E-state index contributed by atoms with van der Waals surface area (Å²) in [5.74, 6) is 0.230. The van der Waals surface area contributed by atoms with Crippen molar-refractivity contribution >= 4 is 11.5 Å². The van der Waals surface area contributed by atoms with Crippen LogP contribution in [0.5, 0.6) is 0 Å².